The first-order chi connectivity index (χ1) is 14.5. The number of carbonyl (C=O) groups is 1. The number of hydrogen-bond donors (Lipinski definition) is 3. The topological polar surface area (TPSA) is 113 Å². The minimum Gasteiger partial charge on any atom is -0.466 e. The van der Waals surface area contributed by atoms with E-state index >= 15 is 0 Å². The van der Waals surface area contributed by atoms with Gasteiger partial charge in [-0.3, -0.25) is 14.8 Å². The van der Waals surface area contributed by atoms with E-state index in [2.05, 4.69) is 15.3 Å². The van der Waals surface area contributed by atoms with Crippen molar-refractivity contribution in [3.8, 4) is 11.5 Å². The van der Waals surface area contributed by atoms with Crippen LogP contribution >= 0.6 is 0 Å². The number of H-pyrrole nitrogens is 2. The van der Waals surface area contributed by atoms with Crippen molar-refractivity contribution in [2.45, 2.75) is 12.8 Å². The summed E-state index contributed by atoms with van der Waals surface area (Å²) in [5, 5.41) is 2.93. The van der Waals surface area contributed by atoms with E-state index in [1.54, 1.807) is 31.2 Å². The average molecular weight is 405 g/mol. The molecule has 0 radical (unpaired) electrons. The van der Waals surface area contributed by atoms with Gasteiger partial charge in [0.15, 0.2) is 0 Å². The molecule has 3 aromatic rings. The standard InChI is InChI=1S/C22H19N3O5/c1-12-16(21(27)29-2)17(18-19(23-12)24-22(28)25-20(18)26)13-7-6-10-15(11-13)30-14-8-4-3-5-9-14/h3-11,17H,1-2H3,(H3,23,24,25,26,28)/t17-/m0/s1. The lowest BCUT2D eigenvalue weighted by Crippen LogP contribution is -2.34. The fourth-order valence-electron chi connectivity index (χ4n) is 3.58. The van der Waals surface area contributed by atoms with Gasteiger partial charge in [0.2, 0.25) is 0 Å². The second kappa shape index (κ2) is 7.75. The molecule has 8 heteroatoms. The summed E-state index contributed by atoms with van der Waals surface area (Å²) >= 11 is 0. The highest BCUT2D eigenvalue weighted by Gasteiger charge is 2.35. The van der Waals surface area contributed by atoms with E-state index in [1.807, 2.05) is 30.3 Å². The number of nitrogens with one attached hydrogen (secondary N) is 3. The molecule has 0 saturated heterocycles. The van der Waals surface area contributed by atoms with Crippen molar-refractivity contribution in [1.29, 1.82) is 0 Å². The lowest BCUT2D eigenvalue weighted by molar-refractivity contribution is -0.136. The van der Waals surface area contributed by atoms with Crippen LogP contribution in [-0.2, 0) is 9.53 Å². The van der Waals surface area contributed by atoms with Crippen molar-refractivity contribution >= 4 is 11.8 Å². The number of methoxy groups -OCH3 is 1. The number of hydrogen-bond acceptors (Lipinski definition) is 6. The van der Waals surface area contributed by atoms with Gasteiger partial charge < -0.3 is 14.8 Å². The van der Waals surface area contributed by atoms with Crippen LogP contribution in [0.2, 0.25) is 0 Å². The number of esters is 1. The number of aromatic nitrogens is 2. The third-order valence-electron chi connectivity index (χ3n) is 4.85. The zero-order valence-electron chi connectivity index (χ0n) is 16.3. The van der Waals surface area contributed by atoms with Crippen LogP contribution in [0.5, 0.6) is 11.5 Å². The largest absolute Gasteiger partial charge is 0.466 e. The fraction of sp³-hybridized carbons (Fsp3) is 0.136. The van der Waals surface area contributed by atoms with E-state index in [9.17, 15) is 14.4 Å². The van der Waals surface area contributed by atoms with Crippen molar-refractivity contribution in [3.63, 3.8) is 0 Å². The number of carbonyl (C=O) groups excluding carboxylic acids is 1. The summed E-state index contributed by atoms with van der Waals surface area (Å²) in [4.78, 5) is 41.9. The summed E-state index contributed by atoms with van der Waals surface area (Å²) in [6.07, 6.45) is 0. The molecule has 0 aliphatic carbocycles. The minimum absolute atomic E-state index is 0.220. The lowest BCUT2D eigenvalue weighted by Gasteiger charge is -2.28. The van der Waals surface area contributed by atoms with Gasteiger partial charge >= 0.3 is 11.7 Å². The van der Waals surface area contributed by atoms with E-state index in [4.69, 9.17) is 9.47 Å². The molecule has 0 unspecified atom stereocenters. The molecular formula is C22H19N3O5. The van der Waals surface area contributed by atoms with Crippen LogP contribution in [0, 0.1) is 0 Å². The van der Waals surface area contributed by atoms with Crippen LogP contribution in [0.25, 0.3) is 0 Å². The van der Waals surface area contributed by atoms with E-state index in [1.165, 1.54) is 7.11 Å². The monoisotopic (exact) mass is 405 g/mol. The SMILES string of the molecule is COC(=O)C1=C(C)Nc2[nH]c(=O)[nH]c(=O)c2[C@H]1c1cccc(Oc2ccccc2)c1. The molecule has 3 N–H and O–H groups in total. The van der Waals surface area contributed by atoms with Crippen LogP contribution in [-0.4, -0.2) is 23.0 Å². The van der Waals surface area contributed by atoms with Crippen LogP contribution in [0.15, 0.2) is 75.5 Å². The van der Waals surface area contributed by atoms with Crippen molar-refractivity contribution in [2.75, 3.05) is 12.4 Å². The molecule has 1 aromatic heterocycles. The van der Waals surface area contributed by atoms with Gasteiger partial charge in [-0.2, -0.15) is 0 Å². The molecule has 30 heavy (non-hydrogen) atoms. The molecule has 1 aliphatic heterocycles. The number of para-hydroxylation sites is 1. The van der Waals surface area contributed by atoms with Gasteiger partial charge in [-0.1, -0.05) is 30.3 Å². The summed E-state index contributed by atoms with van der Waals surface area (Å²) in [5.41, 5.74) is 0.394. The van der Waals surface area contributed by atoms with Crippen LogP contribution < -0.4 is 21.3 Å². The molecule has 0 amide bonds. The molecule has 0 spiro atoms. The van der Waals surface area contributed by atoms with E-state index in [-0.39, 0.29) is 17.0 Å². The summed E-state index contributed by atoms with van der Waals surface area (Å²) in [5.74, 6) is 0.112. The van der Waals surface area contributed by atoms with Gasteiger partial charge in [-0.05, 0) is 36.8 Å². The number of fused-ring (bicyclic) bond motifs is 1. The Labute approximate surface area is 171 Å². The number of allylic oxidation sites excluding steroid dienone is 1. The average Bonchev–Trinajstić information content (AvgIpc) is 2.73. The fourth-order valence-corrected chi connectivity index (χ4v) is 3.58. The second-order valence-electron chi connectivity index (χ2n) is 6.77. The summed E-state index contributed by atoms with van der Waals surface area (Å²) < 4.78 is 10.9. The first kappa shape index (κ1) is 19.3. The van der Waals surface area contributed by atoms with Gasteiger partial charge in [0, 0.05) is 5.70 Å². The van der Waals surface area contributed by atoms with E-state index in [0.29, 0.717) is 22.8 Å². The predicted molar refractivity (Wildman–Crippen MR) is 111 cm³/mol. The van der Waals surface area contributed by atoms with Crippen LogP contribution in [0.1, 0.15) is 24.0 Å². The molecule has 1 aliphatic rings. The third kappa shape index (κ3) is 3.50. The first-order valence-corrected chi connectivity index (χ1v) is 9.23. The van der Waals surface area contributed by atoms with Crippen LogP contribution in [0.4, 0.5) is 5.82 Å². The normalized spacial score (nSPS) is 15.2. The Morgan fingerprint density at radius 2 is 1.70 bits per heavy atom. The Hall–Kier alpha value is -4.07. The molecule has 4 rings (SSSR count). The summed E-state index contributed by atoms with van der Waals surface area (Å²) in [6, 6.07) is 16.4. The summed E-state index contributed by atoms with van der Waals surface area (Å²) in [7, 11) is 1.28. The molecule has 0 bridgehead atoms. The van der Waals surface area contributed by atoms with Gasteiger partial charge in [0.05, 0.1) is 24.2 Å². The molecular weight excluding hydrogens is 386 g/mol. The lowest BCUT2D eigenvalue weighted by atomic mass is 9.82. The molecule has 0 fully saturated rings. The highest BCUT2D eigenvalue weighted by molar-refractivity contribution is 5.94. The Bertz CT molecular complexity index is 1260. The van der Waals surface area contributed by atoms with E-state index in [0.717, 1.165) is 0 Å². The quantitative estimate of drug-likeness (QED) is 0.575. The maximum absolute atomic E-state index is 12.7. The highest BCUT2D eigenvalue weighted by atomic mass is 16.5. The van der Waals surface area contributed by atoms with Crippen molar-refractivity contribution < 1.29 is 14.3 Å². The Balaban J connectivity index is 1.87. The van der Waals surface area contributed by atoms with E-state index < -0.39 is 23.1 Å². The zero-order chi connectivity index (χ0) is 21.3. The molecule has 2 aromatic carbocycles. The predicted octanol–water partition coefficient (Wildman–Crippen LogP) is 2.86. The third-order valence-corrected chi connectivity index (χ3v) is 4.85. The molecule has 0 saturated carbocycles. The highest BCUT2D eigenvalue weighted by Crippen LogP contribution is 2.40. The van der Waals surface area contributed by atoms with Crippen molar-refractivity contribution in [1.82, 2.24) is 9.97 Å². The Morgan fingerprint density at radius 1 is 0.967 bits per heavy atom. The van der Waals surface area contributed by atoms with Gasteiger partial charge in [0.1, 0.15) is 17.3 Å². The minimum atomic E-state index is -0.756. The van der Waals surface area contributed by atoms with Crippen LogP contribution in [0.3, 0.4) is 0 Å². The smallest absolute Gasteiger partial charge is 0.336 e. The number of benzene rings is 2. The molecule has 152 valence electrons. The molecule has 2 heterocycles. The van der Waals surface area contributed by atoms with Gasteiger partial charge in [-0.15, -0.1) is 0 Å². The second-order valence-corrected chi connectivity index (χ2v) is 6.77. The first-order valence-electron chi connectivity index (χ1n) is 9.23. The van der Waals surface area contributed by atoms with Gasteiger partial charge in [0.25, 0.3) is 5.56 Å². The number of rotatable bonds is 4. The number of ether oxygens (including phenoxy) is 2. The maximum Gasteiger partial charge on any atom is 0.336 e. The summed E-state index contributed by atoms with van der Waals surface area (Å²) in [6.45, 7) is 1.69. The maximum atomic E-state index is 12.7. The number of anilines is 1. The molecule has 8 nitrogen and oxygen atoms in total. The van der Waals surface area contributed by atoms with Gasteiger partial charge in [-0.25, -0.2) is 9.59 Å². The zero-order valence-corrected chi connectivity index (χ0v) is 16.3. The molecule has 1 atom stereocenters. The van der Waals surface area contributed by atoms with Crippen molar-refractivity contribution in [2.24, 2.45) is 0 Å². The van der Waals surface area contributed by atoms with Crippen molar-refractivity contribution in [3.05, 3.63) is 97.8 Å². The number of aromatic amines is 2. The Kier molecular flexibility index (Phi) is 4.97. The Morgan fingerprint density at radius 3 is 2.43 bits per heavy atom.